The Balaban J connectivity index is 1.84. The second kappa shape index (κ2) is 7.03. The summed E-state index contributed by atoms with van der Waals surface area (Å²) in [5.41, 5.74) is 0.923. The van der Waals surface area contributed by atoms with Gasteiger partial charge in [0.25, 0.3) is 0 Å². The Hall–Kier alpha value is -2.15. The highest BCUT2D eigenvalue weighted by atomic mass is 19.2. The number of halogens is 4. The second-order valence-electron chi connectivity index (χ2n) is 4.18. The summed E-state index contributed by atoms with van der Waals surface area (Å²) >= 11 is 0. The van der Waals surface area contributed by atoms with Crippen LogP contribution in [0.4, 0.5) is 17.6 Å². The Morgan fingerprint density at radius 3 is 2.43 bits per heavy atom. The lowest BCUT2D eigenvalue weighted by atomic mass is 10.3. The van der Waals surface area contributed by atoms with Crippen LogP contribution in [0.3, 0.4) is 0 Å². The minimum Gasteiger partial charge on any atom is -0.486 e. The number of nitrogens with zero attached hydrogens (tertiary/aromatic N) is 1. The first-order valence-electron chi connectivity index (χ1n) is 6.15. The number of ether oxygens (including phenoxy) is 1. The molecule has 2 aromatic rings. The zero-order valence-electron chi connectivity index (χ0n) is 10.9. The lowest BCUT2D eigenvalue weighted by Crippen LogP contribution is -2.21. The van der Waals surface area contributed by atoms with Crippen molar-refractivity contribution in [3.05, 3.63) is 59.4 Å². The normalized spacial score (nSPS) is 10.7. The van der Waals surface area contributed by atoms with Crippen molar-refractivity contribution in [2.24, 2.45) is 0 Å². The SMILES string of the molecule is Fc1cc(F)c(F)c(OCCNCc2cccnc2)c1F. The van der Waals surface area contributed by atoms with Crippen molar-refractivity contribution in [1.29, 1.82) is 0 Å². The number of pyridine rings is 1. The molecule has 1 heterocycles. The van der Waals surface area contributed by atoms with Crippen molar-refractivity contribution in [2.45, 2.75) is 6.54 Å². The minimum atomic E-state index is -1.54. The van der Waals surface area contributed by atoms with Crippen LogP contribution < -0.4 is 10.1 Å². The van der Waals surface area contributed by atoms with Gasteiger partial charge in [0.15, 0.2) is 17.4 Å². The monoisotopic (exact) mass is 300 g/mol. The third-order valence-corrected chi connectivity index (χ3v) is 2.65. The number of hydrogen-bond donors (Lipinski definition) is 1. The van der Waals surface area contributed by atoms with E-state index in [-0.39, 0.29) is 19.2 Å². The lowest BCUT2D eigenvalue weighted by Gasteiger charge is -2.10. The van der Waals surface area contributed by atoms with Gasteiger partial charge < -0.3 is 10.1 Å². The van der Waals surface area contributed by atoms with Gasteiger partial charge in [-0.1, -0.05) is 6.07 Å². The van der Waals surface area contributed by atoms with Crippen molar-refractivity contribution >= 4 is 0 Å². The van der Waals surface area contributed by atoms with Crippen LogP contribution >= 0.6 is 0 Å². The van der Waals surface area contributed by atoms with E-state index in [2.05, 4.69) is 10.3 Å². The van der Waals surface area contributed by atoms with Gasteiger partial charge in [-0.05, 0) is 11.6 Å². The molecular weight excluding hydrogens is 288 g/mol. The molecule has 0 aliphatic carbocycles. The quantitative estimate of drug-likeness (QED) is 0.506. The smallest absolute Gasteiger partial charge is 0.203 e. The van der Waals surface area contributed by atoms with E-state index in [0.717, 1.165) is 5.56 Å². The van der Waals surface area contributed by atoms with E-state index in [1.54, 1.807) is 18.5 Å². The molecule has 2 rings (SSSR count). The molecule has 0 bridgehead atoms. The van der Waals surface area contributed by atoms with Crippen LogP contribution in [-0.4, -0.2) is 18.1 Å². The lowest BCUT2D eigenvalue weighted by molar-refractivity contribution is 0.270. The average Bonchev–Trinajstić information content (AvgIpc) is 2.49. The van der Waals surface area contributed by atoms with Gasteiger partial charge in [-0.2, -0.15) is 8.78 Å². The topological polar surface area (TPSA) is 34.1 Å². The minimum absolute atomic E-state index is 0.137. The molecule has 1 aromatic heterocycles. The highest BCUT2D eigenvalue weighted by molar-refractivity contribution is 5.28. The van der Waals surface area contributed by atoms with Crippen molar-refractivity contribution in [2.75, 3.05) is 13.2 Å². The molecule has 1 aromatic carbocycles. The average molecular weight is 300 g/mol. The van der Waals surface area contributed by atoms with Gasteiger partial charge in [0.05, 0.1) is 0 Å². The maximum atomic E-state index is 13.3. The predicted molar refractivity (Wildman–Crippen MR) is 67.7 cm³/mol. The van der Waals surface area contributed by atoms with E-state index >= 15 is 0 Å². The predicted octanol–water partition coefficient (Wildman–Crippen LogP) is 2.81. The fraction of sp³-hybridized carbons (Fsp3) is 0.214. The highest BCUT2D eigenvalue weighted by Gasteiger charge is 2.20. The van der Waals surface area contributed by atoms with Gasteiger partial charge in [0.1, 0.15) is 6.61 Å². The Morgan fingerprint density at radius 1 is 1.10 bits per heavy atom. The van der Waals surface area contributed by atoms with Gasteiger partial charge in [0.2, 0.25) is 11.6 Å². The summed E-state index contributed by atoms with van der Waals surface area (Å²) in [7, 11) is 0. The zero-order valence-corrected chi connectivity index (χ0v) is 10.9. The summed E-state index contributed by atoms with van der Waals surface area (Å²) in [5.74, 6) is -7.11. The number of benzene rings is 1. The summed E-state index contributed by atoms with van der Waals surface area (Å²) < 4.78 is 57.2. The first-order valence-corrected chi connectivity index (χ1v) is 6.15. The van der Waals surface area contributed by atoms with Crippen LogP contribution in [0.25, 0.3) is 0 Å². The number of aromatic nitrogens is 1. The maximum Gasteiger partial charge on any atom is 0.203 e. The van der Waals surface area contributed by atoms with E-state index in [0.29, 0.717) is 6.54 Å². The molecule has 1 N–H and O–H groups in total. The molecule has 0 aliphatic heterocycles. The van der Waals surface area contributed by atoms with Crippen LogP contribution in [0.1, 0.15) is 5.56 Å². The molecule has 0 atom stereocenters. The van der Waals surface area contributed by atoms with E-state index < -0.39 is 29.0 Å². The third-order valence-electron chi connectivity index (χ3n) is 2.65. The largest absolute Gasteiger partial charge is 0.486 e. The van der Waals surface area contributed by atoms with Crippen molar-refractivity contribution in [1.82, 2.24) is 10.3 Å². The van der Waals surface area contributed by atoms with Crippen molar-refractivity contribution < 1.29 is 22.3 Å². The van der Waals surface area contributed by atoms with Gasteiger partial charge in [-0.3, -0.25) is 4.98 Å². The maximum absolute atomic E-state index is 13.3. The summed E-state index contributed by atoms with van der Waals surface area (Å²) in [5, 5.41) is 2.94. The molecule has 7 heteroatoms. The van der Waals surface area contributed by atoms with Crippen LogP contribution in [-0.2, 0) is 6.54 Å². The first kappa shape index (κ1) is 15.2. The molecule has 3 nitrogen and oxygen atoms in total. The number of nitrogens with one attached hydrogen (secondary N) is 1. The molecule has 0 saturated heterocycles. The standard InChI is InChI=1S/C14H12F4N2O/c15-10-6-11(16)13(18)14(12(10)17)21-5-4-20-8-9-2-1-3-19-7-9/h1-3,6-7,20H,4-5,8H2. The summed E-state index contributed by atoms with van der Waals surface area (Å²) in [6.07, 6.45) is 3.30. The van der Waals surface area contributed by atoms with Crippen LogP contribution in [0.15, 0.2) is 30.6 Å². The second-order valence-corrected chi connectivity index (χ2v) is 4.18. The number of rotatable bonds is 6. The molecular formula is C14H12F4N2O. The molecule has 0 aliphatic rings. The Morgan fingerprint density at radius 2 is 1.81 bits per heavy atom. The summed E-state index contributed by atoms with van der Waals surface area (Å²) in [4.78, 5) is 3.92. The molecule has 21 heavy (non-hydrogen) atoms. The van der Waals surface area contributed by atoms with E-state index in [9.17, 15) is 17.6 Å². The summed E-state index contributed by atoms with van der Waals surface area (Å²) in [6.45, 7) is 0.586. The molecule has 0 unspecified atom stereocenters. The molecule has 112 valence electrons. The third kappa shape index (κ3) is 3.91. The molecule has 0 radical (unpaired) electrons. The van der Waals surface area contributed by atoms with Gasteiger partial charge in [-0.25, -0.2) is 8.78 Å². The van der Waals surface area contributed by atoms with Gasteiger partial charge >= 0.3 is 0 Å². The fourth-order valence-corrected chi connectivity index (χ4v) is 1.64. The van der Waals surface area contributed by atoms with Crippen LogP contribution in [0.2, 0.25) is 0 Å². The fourth-order valence-electron chi connectivity index (χ4n) is 1.64. The van der Waals surface area contributed by atoms with Crippen LogP contribution in [0.5, 0.6) is 5.75 Å². The molecule has 0 saturated carbocycles. The van der Waals surface area contributed by atoms with Crippen molar-refractivity contribution in [3.63, 3.8) is 0 Å². The Kier molecular flexibility index (Phi) is 5.10. The Bertz CT molecular complexity index is 581. The Labute approximate surface area is 118 Å². The van der Waals surface area contributed by atoms with Crippen LogP contribution in [0, 0.1) is 23.3 Å². The van der Waals surface area contributed by atoms with Crippen molar-refractivity contribution in [3.8, 4) is 5.75 Å². The molecule has 0 spiro atoms. The molecule has 0 amide bonds. The summed E-state index contributed by atoms with van der Waals surface area (Å²) in [6, 6.07) is 3.76. The zero-order chi connectivity index (χ0) is 15.2. The molecule has 0 fully saturated rings. The van der Waals surface area contributed by atoms with E-state index in [1.165, 1.54) is 0 Å². The van der Waals surface area contributed by atoms with E-state index in [4.69, 9.17) is 4.74 Å². The van der Waals surface area contributed by atoms with Gasteiger partial charge in [0, 0.05) is 31.5 Å². The number of hydrogen-bond acceptors (Lipinski definition) is 3. The first-order chi connectivity index (χ1) is 10.1. The highest BCUT2D eigenvalue weighted by Crippen LogP contribution is 2.26. The van der Waals surface area contributed by atoms with Gasteiger partial charge in [-0.15, -0.1) is 0 Å². The van der Waals surface area contributed by atoms with E-state index in [1.807, 2.05) is 6.07 Å².